The van der Waals surface area contributed by atoms with Crippen LogP contribution in [-0.4, -0.2) is 16.6 Å². The number of hydrogen-bond donors (Lipinski definition) is 0. The zero-order valence-electron chi connectivity index (χ0n) is 4.63. The fourth-order valence-corrected chi connectivity index (χ4v) is 2.85. The maximum Gasteiger partial charge on any atom is 0.256 e. The van der Waals surface area contributed by atoms with Crippen LogP contribution in [0.15, 0.2) is 0 Å². The van der Waals surface area contributed by atoms with E-state index in [-0.39, 0.29) is 6.42 Å². The Morgan fingerprint density at radius 3 is 1.56 bits per heavy atom. The third-order valence-electron chi connectivity index (χ3n) is 1.72. The van der Waals surface area contributed by atoms with E-state index in [2.05, 4.69) is 31.9 Å². The number of hydrogen-bond acceptors (Lipinski definition) is 0. The molecule has 0 aromatic rings. The van der Waals surface area contributed by atoms with Gasteiger partial charge in [-0.25, -0.2) is 8.78 Å². The van der Waals surface area contributed by atoms with Crippen LogP contribution in [0.3, 0.4) is 0 Å². The number of halogens is 4. The summed E-state index contributed by atoms with van der Waals surface area (Å²) in [4.78, 5) is 0. The Morgan fingerprint density at radius 1 is 1.22 bits per heavy atom. The van der Waals surface area contributed by atoms with Gasteiger partial charge in [-0.2, -0.15) is 0 Å². The topological polar surface area (TPSA) is 0 Å². The van der Waals surface area contributed by atoms with E-state index in [4.69, 9.17) is 0 Å². The molecule has 54 valence electrons. The lowest BCUT2D eigenvalue weighted by atomic mass is 10.2. The molecule has 0 N–H and O–H groups in total. The lowest BCUT2D eigenvalue weighted by molar-refractivity contribution is 0.0797. The van der Waals surface area contributed by atoms with Gasteiger partial charge in [0.1, 0.15) is 0 Å². The average Bonchev–Trinajstić information content (AvgIpc) is 2.35. The van der Waals surface area contributed by atoms with Crippen molar-refractivity contribution in [3.8, 4) is 0 Å². The molecule has 4 heteroatoms. The van der Waals surface area contributed by atoms with E-state index in [9.17, 15) is 8.78 Å². The Morgan fingerprint density at radius 2 is 1.56 bits per heavy atom. The van der Waals surface area contributed by atoms with Crippen molar-refractivity contribution in [1.82, 2.24) is 0 Å². The van der Waals surface area contributed by atoms with Gasteiger partial charge in [-0.15, -0.1) is 0 Å². The first-order chi connectivity index (χ1) is 4.08. The third kappa shape index (κ3) is 1.04. The molecule has 0 amide bonds. The van der Waals surface area contributed by atoms with E-state index in [0.717, 1.165) is 0 Å². The van der Waals surface area contributed by atoms with Gasteiger partial charge in [-0.3, -0.25) is 0 Å². The first kappa shape index (κ1) is 7.92. The molecule has 1 aliphatic carbocycles. The number of rotatable bonds is 2. The highest BCUT2D eigenvalue weighted by Crippen LogP contribution is 2.62. The summed E-state index contributed by atoms with van der Waals surface area (Å²) in [6.07, 6.45) is 0.0243. The van der Waals surface area contributed by atoms with Gasteiger partial charge in [-0.1, -0.05) is 31.9 Å². The van der Waals surface area contributed by atoms with Crippen LogP contribution in [0.1, 0.15) is 6.42 Å². The fraction of sp³-hybridized carbons (Fsp3) is 1.00. The molecule has 1 aliphatic rings. The van der Waals surface area contributed by atoms with Gasteiger partial charge in [0, 0.05) is 17.1 Å². The van der Waals surface area contributed by atoms with Crippen molar-refractivity contribution < 1.29 is 8.78 Å². The molecule has 0 heterocycles. The molecule has 1 fully saturated rings. The van der Waals surface area contributed by atoms with Gasteiger partial charge in [-0.05, 0) is 0 Å². The Labute approximate surface area is 69.3 Å². The molecule has 0 unspecified atom stereocenters. The van der Waals surface area contributed by atoms with Crippen molar-refractivity contribution in [3.05, 3.63) is 0 Å². The van der Waals surface area contributed by atoms with Gasteiger partial charge < -0.3 is 0 Å². The molecule has 1 rings (SSSR count). The minimum atomic E-state index is -2.43. The molecule has 0 bridgehead atoms. The molecule has 0 aromatic heterocycles. The molecule has 0 nitrogen and oxygen atoms in total. The molecular formula is C5H6Br2F2. The molecule has 1 saturated carbocycles. The van der Waals surface area contributed by atoms with Gasteiger partial charge in [0.15, 0.2) is 0 Å². The highest BCUT2D eigenvalue weighted by molar-refractivity contribution is 9.09. The molecule has 0 aliphatic heterocycles. The molecule has 0 spiro atoms. The maximum absolute atomic E-state index is 12.4. The zero-order chi connectivity index (χ0) is 7.12. The van der Waals surface area contributed by atoms with Gasteiger partial charge in [0.05, 0.1) is 5.41 Å². The maximum atomic E-state index is 12.4. The first-order valence-corrected chi connectivity index (χ1v) is 4.82. The quantitative estimate of drug-likeness (QED) is 0.672. The second kappa shape index (κ2) is 2.16. The number of alkyl halides is 4. The van der Waals surface area contributed by atoms with Crippen molar-refractivity contribution in [2.24, 2.45) is 5.41 Å². The van der Waals surface area contributed by atoms with E-state index >= 15 is 0 Å². The molecular weight excluding hydrogens is 258 g/mol. The van der Waals surface area contributed by atoms with Crippen LogP contribution in [0, 0.1) is 5.41 Å². The SMILES string of the molecule is FC1(F)CC1(CBr)CBr. The average molecular weight is 264 g/mol. The summed E-state index contributed by atoms with van der Waals surface area (Å²) in [5.41, 5.74) is -0.771. The predicted molar refractivity (Wildman–Crippen MR) is 39.6 cm³/mol. The smallest absolute Gasteiger partial charge is 0.206 e. The second-order valence-corrected chi connectivity index (χ2v) is 3.55. The van der Waals surface area contributed by atoms with Crippen molar-refractivity contribution in [2.75, 3.05) is 10.7 Å². The summed E-state index contributed by atoms with van der Waals surface area (Å²) in [5.74, 6) is -2.43. The van der Waals surface area contributed by atoms with E-state index in [1.807, 2.05) is 0 Å². The molecule has 0 saturated heterocycles. The monoisotopic (exact) mass is 262 g/mol. The predicted octanol–water partition coefficient (Wildman–Crippen LogP) is 2.80. The van der Waals surface area contributed by atoms with E-state index in [1.54, 1.807) is 0 Å². The Bertz CT molecular complexity index is 120. The van der Waals surface area contributed by atoms with Crippen LogP contribution >= 0.6 is 31.9 Å². The summed E-state index contributed by atoms with van der Waals surface area (Å²) < 4.78 is 24.8. The Kier molecular flexibility index (Phi) is 1.90. The summed E-state index contributed by atoms with van der Waals surface area (Å²) in [5, 5.41) is 0.774. The third-order valence-corrected chi connectivity index (χ3v) is 3.87. The van der Waals surface area contributed by atoms with Crippen molar-refractivity contribution in [3.63, 3.8) is 0 Å². The summed E-state index contributed by atoms with van der Waals surface area (Å²) in [6, 6.07) is 0. The van der Waals surface area contributed by atoms with E-state index in [1.165, 1.54) is 0 Å². The van der Waals surface area contributed by atoms with Crippen LogP contribution in [0.4, 0.5) is 8.78 Å². The van der Waals surface area contributed by atoms with Crippen molar-refractivity contribution in [1.29, 1.82) is 0 Å². The van der Waals surface area contributed by atoms with Crippen molar-refractivity contribution in [2.45, 2.75) is 12.3 Å². The van der Waals surface area contributed by atoms with E-state index < -0.39 is 11.3 Å². The van der Waals surface area contributed by atoms with Crippen LogP contribution in [0.5, 0.6) is 0 Å². The summed E-state index contributed by atoms with van der Waals surface area (Å²) in [7, 11) is 0. The molecule has 9 heavy (non-hydrogen) atoms. The highest BCUT2D eigenvalue weighted by Gasteiger charge is 2.69. The summed E-state index contributed by atoms with van der Waals surface area (Å²) >= 11 is 6.12. The summed E-state index contributed by atoms with van der Waals surface area (Å²) in [6.45, 7) is 0. The standard InChI is InChI=1S/C5H6Br2F2/c6-2-4(3-7)1-5(4,8)9/h1-3H2. The fourth-order valence-electron chi connectivity index (χ4n) is 0.707. The lowest BCUT2D eigenvalue weighted by Gasteiger charge is -2.06. The first-order valence-electron chi connectivity index (χ1n) is 2.58. The molecule has 0 atom stereocenters. The molecule has 0 radical (unpaired) electrons. The second-order valence-electron chi connectivity index (χ2n) is 2.43. The van der Waals surface area contributed by atoms with Crippen molar-refractivity contribution >= 4 is 31.9 Å². The normalized spacial score (nSPS) is 28.0. The van der Waals surface area contributed by atoms with Crippen LogP contribution < -0.4 is 0 Å². The molecule has 0 aromatic carbocycles. The van der Waals surface area contributed by atoms with Gasteiger partial charge in [0.2, 0.25) is 0 Å². The van der Waals surface area contributed by atoms with Crippen LogP contribution in [0.25, 0.3) is 0 Å². The lowest BCUT2D eigenvalue weighted by Crippen LogP contribution is -2.13. The van der Waals surface area contributed by atoms with Crippen LogP contribution in [0.2, 0.25) is 0 Å². The van der Waals surface area contributed by atoms with E-state index in [0.29, 0.717) is 10.7 Å². The van der Waals surface area contributed by atoms with Crippen LogP contribution in [-0.2, 0) is 0 Å². The highest BCUT2D eigenvalue weighted by atomic mass is 79.9. The van der Waals surface area contributed by atoms with Gasteiger partial charge >= 0.3 is 0 Å². The Hall–Kier alpha value is 0.820. The minimum Gasteiger partial charge on any atom is -0.206 e. The van der Waals surface area contributed by atoms with Gasteiger partial charge in [0.25, 0.3) is 5.92 Å². The largest absolute Gasteiger partial charge is 0.256 e. The minimum absolute atomic E-state index is 0.0243. The zero-order valence-corrected chi connectivity index (χ0v) is 7.81. The Balaban J connectivity index is 2.57.